The fourth-order valence-electron chi connectivity index (χ4n) is 2.51. The predicted molar refractivity (Wildman–Crippen MR) is 99.8 cm³/mol. The molecular weight excluding hydrogens is 330 g/mol. The van der Waals surface area contributed by atoms with Gasteiger partial charge in [0.1, 0.15) is 5.75 Å². The van der Waals surface area contributed by atoms with Crippen LogP contribution in [0.5, 0.6) is 5.75 Å². The van der Waals surface area contributed by atoms with Gasteiger partial charge in [0.2, 0.25) is 0 Å². The number of ether oxygens (including phenoxy) is 2. The maximum Gasteiger partial charge on any atom is 0.310 e. The molecule has 5 heteroatoms. The Morgan fingerprint density at radius 3 is 2.38 bits per heavy atom. The number of hydrogen-bond donors (Lipinski definition) is 0. The molecule has 0 heterocycles. The van der Waals surface area contributed by atoms with Crippen LogP contribution in [0.4, 0.5) is 0 Å². The van der Waals surface area contributed by atoms with E-state index in [4.69, 9.17) is 9.47 Å². The Hall–Kier alpha value is -2.82. The molecule has 2 aromatic rings. The third-order valence-corrected chi connectivity index (χ3v) is 3.95. The lowest BCUT2D eigenvalue weighted by atomic mass is 10.2. The summed E-state index contributed by atoms with van der Waals surface area (Å²) in [6.07, 6.45) is -0.733. The standard InChI is InChI=1S/C21H25NO4/c1-16-9-7-8-12-19(16)25-14-13-20(23)26-17(2)21(24)22(3)15-18-10-5-4-6-11-18/h4-12,17H,13-15H2,1-3H3. The first-order valence-electron chi connectivity index (χ1n) is 8.64. The zero-order valence-electron chi connectivity index (χ0n) is 15.5. The summed E-state index contributed by atoms with van der Waals surface area (Å²) in [7, 11) is 1.70. The number of rotatable bonds is 8. The van der Waals surface area contributed by atoms with Gasteiger partial charge in [-0.25, -0.2) is 0 Å². The number of nitrogens with zero attached hydrogens (tertiary/aromatic N) is 1. The Bertz CT molecular complexity index is 730. The van der Waals surface area contributed by atoms with E-state index < -0.39 is 12.1 Å². The van der Waals surface area contributed by atoms with Crippen LogP contribution in [0.1, 0.15) is 24.5 Å². The molecule has 0 radical (unpaired) electrons. The van der Waals surface area contributed by atoms with Crippen molar-refractivity contribution in [2.45, 2.75) is 32.9 Å². The predicted octanol–water partition coefficient (Wildman–Crippen LogP) is 3.35. The lowest BCUT2D eigenvalue weighted by Gasteiger charge is -2.21. The highest BCUT2D eigenvalue weighted by Crippen LogP contribution is 2.16. The van der Waals surface area contributed by atoms with Crippen molar-refractivity contribution in [2.24, 2.45) is 0 Å². The summed E-state index contributed by atoms with van der Waals surface area (Å²) < 4.78 is 10.8. The minimum absolute atomic E-state index is 0.0916. The van der Waals surface area contributed by atoms with Gasteiger partial charge in [0.25, 0.3) is 5.91 Å². The second kappa shape index (κ2) is 9.61. The van der Waals surface area contributed by atoms with Crippen molar-refractivity contribution >= 4 is 11.9 Å². The summed E-state index contributed by atoms with van der Waals surface area (Å²) in [5.41, 5.74) is 2.03. The SMILES string of the molecule is Cc1ccccc1OCCC(=O)OC(C)C(=O)N(C)Cc1ccccc1. The number of carbonyl (C=O) groups is 2. The average Bonchev–Trinajstić information content (AvgIpc) is 2.63. The summed E-state index contributed by atoms with van der Waals surface area (Å²) in [5, 5.41) is 0. The minimum Gasteiger partial charge on any atom is -0.493 e. The largest absolute Gasteiger partial charge is 0.493 e. The number of likely N-dealkylation sites (N-methyl/N-ethyl adjacent to an activating group) is 1. The Kier molecular flexibility index (Phi) is 7.21. The highest BCUT2D eigenvalue weighted by molar-refractivity contribution is 5.83. The van der Waals surface area contributed by atoms with Crippen LogP contribution in [-0.4, -0.2) is 36.5 Å². The van der Waals surface area contributed by atoms with E-state index in [2.05, 4.69) is 0 Å². The first kappa shape index (κ1) is 19.5. The van der Waals surface area contributed by atoms with Crippen LogP contribution in [-0.2, 0) is 20.9 Å². The molecule has 0 aliphatic heterocycles. The molecule has 1 unspecified atom stereocenters. The van der Waals surface area contributed by atoms with Crippen LogP contribution in [0, 0.1) is 6.92 Å². The van der Waals surface area contributed by atoms with Crippen LogP contribution in [0.3, 0.4) is 0 Å². The maximum absolute atomic E-state index is 12.3. The molecule has 0 bridgehead atoms. The molecule has 26 heavy (non-hydrogen) atoms. The molecule has 2 aromatic carbocycles. The molecular formula is C21H25NO4. The van der Waals surface area contributed by atoms with Gasteiger partial charge >= 0.3 is 5.97 Å². The molecule has 0 aliphatic carbocycles. The summed E-state index contributed by atoms with van der Waals surface area (Å²) in [4.78, 5) is 25.8. The second-order valence-corrected chi connectivity index (χ2v) is 6.18. The van der Waals surface area contributed by atoms with Gasteiger partial charge in [-0.2, -0.15) is 0 Å². The molecule has 1 amide bonds. The van der Waals surface area contributed by atoms with Crippen molar-refractivity contribution in [3.05, 3.63) is 65.7 Å². The number of hydrogen-bond acceptors (Lipinski definition) is 4. The van der Waals surface area contributed by atoms with E-state index >= 15 is 0 Å². The summed E-state index contributed by atoms with van der Waals surface area (Å²) in [6.45, 7) is 4.21. The van der Waals surface area contributed by atoms with Crippen LogP contribution >= 0.6 is 0 Å². The van der Waals surface area contributed by atoms with Crippen LogP contribution < -0.4 is 4.74 Å². The van der Waals surface area contributed by atoms with Gasteiger partial charge in [0, 0.05) is 13.6 Å². The van der Waals surface area contributed by atoms with E-state index in [-0.39, 0.29) is 18.9 Å². The smallest absolute Gasteiger partial charge is 0.310 e. The van der Waals surface area contributed by atoms with Gasteiger partial charge in [-0.1, -0.05) is 48.5 Å². The molecule has 0 saturated heterocycles. The van der Waals surface area contributed by atoms with E-state index in [1.54, 1.807) is 18.9 Å². The lowest BCUT2D eigenvalue weighted by molar-refractivity contribution is -0.159. The third kappa shape index (κ3) is 5.92. The molecule has 0 spiro atoms. The highest BCUT2D eigenvalue weighted by Gasteiger charge is 2.21. The fourth-order valence-corrected chi connectivity index (χ4v) is 2.51. The summed E-state index contributed by atoms with van der Waals surface area (Å²) >= 11 is 0. The van der Waals surface area contributed by atoms with Gasteiger partial charge in [0.05, 0.1) is 13.0 Å². The van der Waals surface area contributed by atoms with Crippen LogP contribution in [0.25, 0.3) is 0 Å². The average molecular weight is 355 g/mol. The quantitative estimate of drug-likeness (QED) is 0.682. The van der Waals surface area contributed by atoms with E-state index in [1.807, 2.05) is 61.5 Å². The number of amides is 1. The molecule has 138 valence electrons. The van der Waals surface area contributed by atoms with Gasteiger partial charge in [0.15, 0.2) is 6.10 Å². The molecule has 1 atom stereocenters. The Labute approximate surface area is 154 Å². The van der Waals surface area contributed by atoms with Crippen molar-refractivity contribution in [3.63, 3.8) is 0 Å². The number of para-hydroxylation sites is 1. The van der Waals surface area contributed by atoms with Crippen molar-refractivity contribution in [2.75, 3.05) is 13.7 Å². The van der Waals surface area contributed by atoms with Gasteiger partial charge in [-0.3, -0.25) is 9.59 Å². The third-order valence-electron chi connectivity index (χ3n) is 3.95. The first-order chi connectivity index (χ1) is 12.5. The highest BCUT2D eigenvalue weighted by atomic mass is 16.5. The van der Waals surface area contributed by atoms with Gasteiger partial charge in [-0.15, -0.1) is 0 Å². The molecule has 2 rings (SSSR count). The number of carbonyl (C=O) groups excluding carboxylic acids is 2. The fraction of sp³-hybridized carbons (Fsp3) is 0.333. The van der Waals surface area contributed by atoms with Gasteiger partial charge < -0.3 is 14.4 Å². The molecule has 0 fully saturated rings. The molecule has 0 aliphatic rings. The summed E-state index contributed by atoms with van der Waals surface area (Å²) in [6, 6.07) is 17.3. The minimum atomic E-state index is -0.824. The van der Waals surface area contributed by atoms with Crippen molar-refractivity contribution < 1.29 is 19.1 Å². The Balaban J connectivity index is 1.75. The molecule has 0 saturated carbocycles. The van der Waals surface area contributed by atoms with E-state index in [9.17, 15) is 9.59 Å². The van der Waals surface area contributed by atoms with Crippen LogP contribution in [0.15, 0.2) is 54.6 Å². The van der Waals surface area contributed by atoms with E-state index in [1.165, 1.54) is 0 Å². The Morgan fingerprint density at radius 2 is 1.69 bits per heavy atom. The van der Waals surface area contributed by atoms with E-state index in [0.717, 1.165) is 16.9 Å². The van der Waals surface area contributed by atoms with Crippen molar-refractivity contribution in [3.8, 4) is 5.75 Å². The number of benzene rings is 2. The van der Waals surface area contributed by atoms with E-state index in [0.29, 0.717) is 6.54 Å². The number of esters is 1. The van der Waals surface area contributed by atoms with Gasteiger partial charge in [-0.05, 0) is 31.0 Å². The van der Waals surface area contributed by atoms with Crippen molar-refractivity contribution in [1.29, 1.82) is 0 Å². The van der Waals surface area contributed by atoms with Crippen LogP contribution in [0.2, 0.25) is 0 Å². The topological polar surface area (TPSA) is 55.8 Å². The second-order valence-electron chi connectivity index (χ2n) is 6.18. The molecule has 0 N–H and O–H groups in total. The molecule has 5 nitrogen and oxygen atoms in total. The molecule has 0 aromatic heterocycles. The monoisotopic (exact) mass is 355 g/mol. The number of aryl methyl sites for hydroxylation is 1. The normalized spacial score (nSPS) is 11.5. The zero-order chi connectivity index (χ0) is 18.9. The summed E-state index contributed by atoms with van der Waals surface area (Å²) in [5.74, 6) is 0.0570. The Morgan fingerprint density at radius 1 is 1.04 bits per heavy atom. The maximum atomic E-state index is 12.3. The van der Waals surface area contributed by atoms with Crippen molar-refractivity contribution in [1.82, 2.24) is 4.90 Å². The lowest BCUT2D eigenvalue weighted by Crippen LogP contribution is -2.37. The zero-order valence-corrected chi connectivity index (χ0v) is 15.5. The first-order valence-corrected chi connectivity index (χ1v) is 8.64.